The van der Waals surface area contributed by atoms with Gasteiger partial charge < -0.3 is 5.32 Å². The van der Waals surface area contributed by atoms with Crippen LogP contribution in [-0.2, 0) is 12.0 Å². The van der Waals surface area contributed by atoms with E-state index < -0.39 is 0 Å². The molecule has 2 N–H and O–H groups in total. The zero-order valence-corrected chi connectivity index (χ0v) is 20.5. The Balaban J connectivity index is 1.28. The Morgan fingerprint density at radius 3 is 2.60 bits per heavy atom. The monoisotopic (exact) mass is 483 g/mol. The number of rotatable bonds is 5. The summed E-state index contributed by atoms with van der Waals surface area (Å²) in [5, 5.41) is 15.2. The van der Waals surface area contributed by atoms with Gasteiger partial charge in [0, 0.05) is 36.1 Å². The van der Waals surface area contributed by atoms with Gasteiger partial charge in [-0.2, -0.15) is 0 Å². The molecule has 0 aliphatic carbocycles. The largest absolute Gasteiger partial charge is 0.334 e. The van der Waals surface area contributed by atoms with Crippen LogP contribution in [0.15, 0.2) is 73.3 Å². The van der Waals surface area contributed by atoms with Crippen molar-refractivity contribution in [3.05, 3.63) is 83.9 Å². The van der Waals surface area contributed by atoms with Gasteiger partial charge in [0.2, 0.25) is 5.13 Å². The second kappa shape index (κ2) is 9.27. The highest BCUT2D eigenvalue weighted by molar-refractivity contribution is 7.15. The first kappa shape index (κ1) is 22.7. The summed E-state index contributed by atoms with van der Waals surface area (Å²) in [6.45, 7) is 6.57. The maximum atomic E-state index is 12.4. The topological polar surface area (TPSA) is 97.1 Å². The van der Waals surface area contributed by atoms with E-state index in [-0.39, 0.29) is 11.4 Å². The molecule has 0 spiro atoms. The van der Waals surface area contributed by atoms with Crippen LogP contribution in [0.5, 0.6) is 0 Å². The minimum absolute atomic E-state index is 0.104. The third-order valence-electron chi connectivity index (χ3n) is 5.49. The molecule has 9 heteroatoms. The first-order valence-electron chi connectivity index (χ1n) is 11.2. The molecule has 2 amide bonds. The molecule has 1 aromatic carbocycles. The predicted octanol–water partition coefficient (Wildman–Crippen LogP) is 5.53. The molecular weight excluding hydrogens is 458 g/mol. The van der Waals surface area contributed by atoms with E-state index in [2.05, 4.69) is 74.2 Å². The van der Waals surface area contributed by atoms with Gasteiger partial charge in [-0.1, -0.05) is 50.3 Å². The number of carbonyl (C=O) groups is 1. The van der Waals surface area contributed by atoms with E-state index >= 15 is 0 Å². The van der Waals surface area contributed by atoms with Gasteiger partial charge in [0.15, 0.2) is 0 Å². The van der Waals surface area contributed by atoms with Crippen molar-refractivity contribution in [3.63, 3.8) is 0 Å². The molecule has 0 atom stereocenters. The number of nitrogens with zero attached hydrogens (tertiary/aromatic N) is 5. The van der Waals surface area contributed by atoms with Crippen LogP contribution in [0, 0.1) is 0 Å². The summed E-state index contributed by atoms with van der Waals surface area (Å²) in [5.74, 6) is 0. The van der Waals surface area contributed by atoms with E-state index in [4.69, 9.17) is 0 Å². The Hall–Kier alpha value is -4.11. The maximum absolute atomic E-state index is 12.4. The number of anilines is 1. The Kier molecular flexibility index (Phi) is 6.00. The van der Waals surface area contributed by atoms with Gasteiger partial charge in [-0.3, -0.25) is 14.7 Å². The molecule has 0 radical (unpaired) electrons. The Morgan fingerprint density at radius 1 is 1.00 bits per heavy atom. The van der Waals surface area contributed by atoms with Gasteiger partial charge >= 0.3 is 6.03 Å². The van der Waals surface area contributed by atoms with Gasteiger partial charge in [0.05, 0.1) is 11.9 Å². The van der Waals surface area contributed by atoms with Crippen LogP contribution in [0.25, 0.3) is 28.0 Å². The number of fused-ring (bicyclic) bond motifs is 1. The van der Waals surface area contributed by atoms with E-state index in [0.29, 0.717) is 11.7 Å². The van der Waals surface area contributed by atoms with Crippen LogP contribution in [0.2, 0.25) is 0 Å². The predicted molar refractivity (Wildman–Crippen MR) is 138 cm³/mol. The van der Waals surface area contributed by atoms with E-state index in [1.54, 1.807) is 12.4 Å². The number of hydrogen-bond acceptors (Lipinski definition) is 6. The Bertz CT molecular complexity index is 1480. The summed E-state index contributed by atoms with van der Waals surface area (Å²) < 4.78 is 2.06. The van der Waals surface area contributed by atoms with Crippen molar-refractivity contribution in [1.29, 1.82) is 0 Å². The van der Waals surface area contributed by atoms with Crippen molar-refractivity contribution in [2.24, 2.45) is 0 Å². The highest BCUT2D eigenvalue weighted by atomic mass is 32.1. The normalized spacial score (nSPS) is 11.5. The molecule has 5 rings (SSSR count). The number of benzene rings is 1. The van der Waals surface area contributed by atoms with Crippen LogP contribution in [0.3, 0.4) is 0 Å². The number of nitrogens with one attached hydrogen (secondary N) is 2. The molecule has 0 aliphatic rings. The Labute approximate surface area is 207 Å². The average molecular weight is 484 g/mol. The van der Waals surface area contributed by atoms with E-state index in [0.717, 1.165) is 38.6 Å². The minimum atomic E-state index is -0.314. The first-order valence-corrected chi connectivity index (χ1v) is 12.0. The van der Waals surface area contributed by atoms with E-state index in [1.807, 2.05) is 42.7 Å². The fraction of sp³-hybridized carbons (Fsp3) is 0.192. The highest BCUT2D eigenvalue weighted by Gasteiger charge is 2.20. The summed E-state index contributed by atoms with van der Waals surface area (Å²) in [6.07, 6.45) is 7.47. The second-order valence-corrected chi connectivity index (χ2v) is 10.2. The van der Waals surface area contributed by atoms with Crippen molar-refractivity contribution in [2.45, 2.75) is 32.7 Å². The molecule has 176 valence electrons. The molecular formula is C26H25N7OS. The molecule has 4 heterocycles. The van der Waals surface area contributed by atoms with Crippen LogP contribution in [-0.4, -0.2) is 30.6 Å². The SMILES string of the molecule is CC(C)(C)c1nnc(NC(=O)NCc2cccc(-c3cnc4cc(-c5ccncc5)ccn34)c2)s1. The third kappa shape index (κ3) is 5.04. The number of amides is 2. The zero-order chi connectivity index (χ0) is 24.4. The summed E-state index contributed by atoms with van der Waals surface area (Å²) in [5.41, 5.74) is 5.93. The zero-order valence-electron chi connectivity index (χ0n) is 19.7. The Morgan fingerprint density at radius 2 is 1.83 bits per heavy atom. The number of pyridine rings is 2. The molecule has 4 aromatic heterocycles. The van der Waals surface area contributed by atoms with Crippen molar-refractivity contribution >= 4 is 28.1 Å². The van der Waals surface area contributed by atoms with Crippen LogP contribution < -0.4 is 10.6 Å². The van der Waals surface area contributed by atoms with Crippen LogP contribution >= 0.6 is 11.3 Å². The lowest BCUT2D eigenvalue weighted by Gasteiger charge is -2.12. The number of urea groups is 1. The smallest absolute Gasteiger partial charge is 0.321 e. The quantitative estimate of drug-likeness (QED) is 0.342. The van der Waals surface area contributed by atoms with Crippen molar-refractivity contribution < 1.29 is 4.79 Å². The molecule has 0 aliphatic heterocycles. The molecule has 0 unspecified atom stereocenters. The van der Waals surface area contributed by atoms with Gasteiger partial charge in [0.1, 0.15) is 10.7 Å². The van der Waals surface area contributed by atoms with Gasteiger partial charge in [-0.15, -0.1) is 10.2 Å². The van der Waals surface area contributed by atoms with Gasteiger partial charge in [-0.05, 0) is 47.0 Å². The fourth-order valence-electron chi connectivity index (χ4n) is 3.66. The molecule has 0 saturated carbocycles. The van der Waals surface area contributed by atoms with Crippen molar-refractivity contribution in [2.75, 3.05) is 5.32 Å². The van der Waals surface area contributed by atoms with Gasteiger partial charge in [-0.25, -0.2) is 9.78 Å². The summed E-state index contributed by atoms with van der Waals surface area (Å²) in [4.78, 5) is 21.1. The summed E-state index contributed by atoms with van der Waals surface area (Å²) in [6, 6.07) is 15.8. The highest BCUT2D eigenvalue weighted by Crippen LogP contribution is 2.28. The van der Waals surface area contributed by atoms with Crippen molar-refractivity contribution in [3.8, 4) is 22.4 Å². The summed E-state index contributed by atoms with van der Waals surface area (Å²) in [7, 11) is 0. The maximum Gasteiger partial charge on any atom is 0.321 e. The number of aromatic nitrogens is 5. The molecule has 0 saturated heterocycles. The second-order valence-electron chi connectivity index (χ2n) is 9.19. The number of imidazole rings is 1. The third-order valence-corrected chi connectivity index (χ3v) is 6.75. The lowest BCUT2D eigenvalue weighted by molar-refractivity contribution is 0.251. The standard InChI is InChI=1S/C26H25N7OS/c1-26(2,3)23-31-32-25(35-23)30-24(34)29-15-17-5-4-6-20(13-17)21-16-28-22-14-19(9-12-33(21)22)18-7-10-27-11-8-18/h4-14,16H,15H2,1-3H3,(H2,29,30,32,34). The molecule has 5 aromatic rings. The molecule has 0 bridgehead atoms. The molecule has 8 nitrogen and oxygen atoms in total. The average Bonchev–Trinajstić information content (AvgIpc) is 3.50. The van der Waals surface area contributed by atoms with E-state index in [9.17, 15) is 4.79 Å². The lowest BCUT2D eigenvalue weighted by Crippen LogP contribution is -2.28. The number of hydrogen-bond donors (Lipinski definition) is 2. The van der Waals surface area contributed by atoms with Crippen LogP contribution in [0.4, 0.5) is 9.93 Å². The minimum Gasteiger partial charge on any atom is -0.334 e. The van der Waals surface area contributed by atoms with Gasteiger partial charge in [0.25, 0.3) is 0 Å². The van der Waals surface area contributed by atoms with Crippen LogP contribution in [0.1, 0.15) is 31.3 Å². The lowest BCUT2D eigenvalue weighted by atomic mass is 9.98. The first-order chi connectivity index (χ1) is 16.9. The molecule has 35 heavy (non-hydrogen) atoms. The summed E-state index contributed by atoms with van der Waals surface area (Å²) >= 11 is 1.38. The van der Waals surface area contributed by atoms with Crippen molar-refractivity contribution in [1.82, 2.24) is 29.9 Å². The molecule has 0 fully saturated rings. The van der Waals surface area contributed by atoms with E-state index in [1.165, 1.54) is 11.3 Å². The fourth-order valence-corrected chi connectivity index (χ4v) is 4.46. The number of carbonyl (C=O) groups excluding carboxylic acids is 1.